The molecular formula is C12H25N3O3S. The van der Waals surface area contributed by atoms with Crippen LogP contribution in [0.3, 0.4) is 0 Å². The summed E-state index contributed by atoms with van der Waals surface area (Å²) in [6.45, 7) is 1.51. The van der Waals surface area contributed by atoms with E-state index in [0.717, 1.165) is 25.8 Å². The summed E-state index contributed by atoms with van der Waals surface area (Å²) in [4.78, 5) is 11.4. The first-order valence-electron chi connectivity index (χ1n) is 6.92. The number of carbonyl (C=O) groups is 1. The van der Waals surface area contributed by atoms with Crippen molar-refractivity contribution in [3.63, 3.8) is 0 Å². The standard InChI is InChI=1S/C12H25N3O3S/c1-13-7-3-6-12(16)14-8-9-19(17,18)15-10-11-4-2-5-11/h11,13,15H,2-10H2,1H3,(H,14,16). The van der Waals surface area contributed by atoms with Gasteiger partial charge in [0.15, 0.2) is 0 Å². The van der Waals surface area contributed by atoms with E-state index in [1.807, 2.05) is 7.05 Å². The highest BCUT2D eigenvalue weighted by Crippen LogP contribution is 2.25. The molecule has 7 heteroatoms. The molecule has 0 aromatic heterocycles. The molecule has 1 aliphatic rings. The average molecular weight is 291 g/mol. The van der Waals surface area contributed by atoms with Crippen LogP contribution in [0.2, 0.25) is 0 Å². The van der Waals surface area contributed by atoms with Crippen LogP contribution in [0.4, 0.5) is 0 Å². The summed E-state index contributed by atoms with van der Waals surface area (Å²) in [5, 5.41) is 5.58. The predicted molar refractivity (Wildman–Crippen MR) is 75.3 cm³/mol. The van der Waals surface area contributed by atoms with Crippen molar-refractivity contribution in [3.05, 3.63) is 0 Å². The molecule has 6 nitrogen and oxygen atoms in total. The van der Waals surface area contributed by atoms with Crippen LogP contribution in [0.15, 0.2) is 0 Å². The molecule has 1 saturated carbocycles. The quantitative estimate of drug-likeness (QED) is 0.487. The molecule has 0 unspecified atom stereocenters. The Balaban J connectivity index is 2.07. The number of hydrogen-bond acceptors (Lipinski definition) is 4. The van der Waals surface area contributed by atoms with Crippen LogP contribution in [0.5, 0.6) is 0 Å². The second-order valence-corrected chi connectivity index (χ2v) is 6.95. The summed E-state index contributed by atoms with van der Waals surface area (Å²) in [6.07, 6.45) is 4.62. The van der Waals surface area contributed by atoms with Gasteiger partial charge in [-0.1, -0.05) is 6.42 Å². The minimum Gasteiger partial charge on any atom is -0.355 e. The van der Waals surface area contributed by atoms with Crippen molar-refractivity contribution in [2.24, 2.45) is 5.92 Å². The Morgan fingerprint density at radius 1 is 1.26 bits per heavy atom. The minimum atomic E-state index is -3.25. The Morgan fingerprint density at radius 3 is 2.58 bits per heavy atom. The molecule has 0 radical (unpaired) electrons. The molecule has 112 valence electrons. The van der Waals surface area contributed by atoms with Crippen LogP contribution in [-0.4, -0.2) is 46.8 Å². The lowest BCUT2D eigenvalue weighted by atomic mass is 9.86. The molecule has 0 atom stereocenters. The Hall–Kier alpha value is -0.660. The predicted octanol–water partition coefficient (Wildman–Crippen LogP) is -0.178. The maximum atomic E-state index is 11.6. The first-order valence-corrected chi connectivity index (χ1v) is 8.57. The lowest BCUT2D eigenvalue weighted by Gasteiger charge is -2.25. The van der Waals surface area contributed by atoms with Crippen molar-refractivity contribution < 1.29 is 13.2 Å². The number of hydrogen-bond donors (Lipinski definition) is 3. The maximum absolute atomic E-state index is 11.6. The van der Waals surface area contributed by atoms with E-state index in [2.05, 4.69) is 15.4 Å². The van der Waals surface area contributed by atoms with Crippen LogP contribution in [-0.2, 0) is 14.8 Å². The zero-order valence-corrected chi connectivity index (χ0v) is 12.4. The number of sulfonamides is 1. The smallest absolute Gasteiger partial charge is 0.220 e. The van der Waals surface area contributed by atoms with Crippen molar-refractivity contribution in [1.82, 2.24) is 15.4 Å². The van der Waals surface area contributed by atoms with Crippen molar-refractivity contribution in [3.8, 4) is 0 Å². The fourth-order valence-corrected chi connectivity index (χ4v) is 2.86. The van der Waals surface area contributed by atoms with Crippen LogP contribution < -0.4 is 15.4 Å². The van der Waals surface area contributed by atoms with Crippen LogP contribution in [0, 0.1) is 5.92 Å². The van der Waals surface area contributed by atoms with Crippen molar-refractivity contribution in [2.75, 3.05) is 32.4 Å². The minimum absolute atomic E-state index is 0.0442. The second-order valence-electron chi connectivity index (χ2n) is 5.02. The molecule has 0 aromatic carbocycles. The van der Waals surface area contributed by atoms with Gasteiger partial charge in [-0.05, 0) is 38.8 Å². The Labute approximate surface area is 115 Å². The summed E-state index contributed by atoms with van der Waals surface area (Å²) >= 11 is 0. The lowest BCUT2D eigenvalue weighted by molar-refractivity contribution is -0.121. The molecule has 3 N–H and O–H groups in total. The van der Waals surface area contributed by atoms with Gasteiger partial charge in [-0.3, -0.25) is 4.79 Å². The van der Waals surface area contributed by atoms with Gasteiger partial charge in [0.2, 0.25) is 15.9 Å². The molecule has 0 aliphatic heterocycles. The highest BCUT2D eigenvalue weighted by atomic mass is 32.2. The van der Waals surface area contributed by atoms with E-state index >= 15 is 0 Å². The Kier molecular flexibility index (Phi) is 7.33. The van der Waals surface area contributed by atoms with Crippen LogP contribution in [0.1, 0.15) is 32.1 Å². The molecule has 1 fully saturated rings. The first-order chi connectivity index (χ1) is 9.03. The van der Waals surface area contributed by atoms with Gasteiger partial charge in [0.05, 0.1) is 5.75 Å². The van der Waals surface area contributed by atoms with E-state index in [9.17, 15) is 13.2 Å². The highest BCUT2D eigenvalue weighted by Gasteiger charge is 2.20. The normalized spacial score (nSPS) is 16.1. The van der Waals surface area contributed by atoms with Gasteiger partial charge >= 0.3 is 0 Å². The van der Waals surface area contributed by atoms with Crippen LogP contribution in [0.25, 0.3) is 0 Å². The zero-order valence-electron chi connectivity index (χ0n) is 11.6. The topological polar surface area (TPSA) is 87.3 Å². The number of nitrogens with one attached hydrogen (secondary N) is 3. The number of rotatable bonds is 10. The lowest BCUT2D eigenvalue weighted by Crippen LogP contribution is -2.37. The molecule has 0 spiro atoms. The van der Waals surface area contributed by atoms with Gasteiger partial charge in [0.1, 0.15) is 0 Å². The molecule has 1 rings (SSSR count). The van der Waals surface area contributed by atoms with Gasteiger partial charge in [-0.2, -0.15) is 0 Å². The van der Waals surface area contributed by atoms with Crippen molar-refractivity contribution in [1.29, 1.82) is 0 Å². The monoisotopic (exact) mass is 291 g/mol. The van der Waals surface area contributed by atoms with E-state index < -0.39 is 10.0 Å². The summed E-state index contributed by atoms with van der Waals surface area (Å²) in [5.41, 5.74) is 0. The molecule has 0 heterocycles. The Bertz CT molecular complexity index is 366. The largest absolute Gasteiger partial charge is 0.355 e. The second kappa shape index (κ2) is 8.50. The summed E-state index contributed by atoms with van der Waals surface area (Å²) in [7, 11) is -1.42. The SMILES string of the molecule is CNCCCC(=O)NCCS(=O)(=O)NCC1CCC1. The molecular weight excluding hydrogens is 266 g/mol. The number of carbonyl (C=O) groups excluding carboxylic acids is 1. The Morgan fingerprint density at radius 2 is 2.00 bits per heavy atom. The molecule has 19 heavy (non-hydrogen) atoms. The van der Waals surface area contributed by atoms with Gasteiger partial charge < -0.3 is 10.6 Å². The van der Waals surface area contributed by atoms with Gasteiger partial charge in [0, 0.05) is 19.5 Å². The third kappa shape index (κ3) is 7.49. The molecule has 0 aromatic rings. The van der Waals surface area contributed by atoms with Gasteiger partial charge in [-0.15, -0.1) is 0 Å². The van der Waals surface area contributed by atoms with E-state index in [1.165, 1.54) is 6.42 Å². The van der Waals surface area contributed by atoms with Gasteiger partial charge in [-0.25, -0.2) is 13.1 Å². The number of amides is 1. The molecule has 1 amide bonds. The van der Waals surface area contributed by atoms with Crippen molar-refractivity contribution >= 4 is 15.9 Å². The molecule has 1 aliphatic carbocycles. The maximum Gasteiger partial charge on any atom is 0.220 e. The van der Waals surface area contributed by atoms with E-state index in [1.54, 1.807) is 0 Å². The zero-order chi connectivity index (χ0) is 14.1. The van der Waals surface area contributed by atoms with E-state index in [-0.39, 0.29) is 18.2 Å². The van der Waals surface area contributed by atoms with Gasteiger partial charge in [0.25, 0.3) is 0 Å². The molecule has 0 saturated heterocycles. The third-order valence-corrected chi connectivity index (χ3v) is 4.69. The molecule has 0 bridgehead atoms. The summed E-state index contributed by atoms with van der Waals surface area (Å²) < 4.78 is 25.9. The van der Waals surface area contributed by atoms with Crippen molar-refractivity contribution in [2.45, 2.75) is 32.1 Å². The first kappa shape index (κ1) is 16.4. The fraction of sp³-hybridized carbons (Fsp3) is 0.917. The summed E-state index contributed by atoms with van der Waals surface area (Å²) in [6, 6.07) is 0. The third-order valence-electron chi connectivity index (χ3n) is 3.34. The van der Waals surface area contributed by atoms with Crippen LogP contribution >= 0.6 is 0 Å². The summed E-state index contributed by atoms with van der Waals surface area (Å²) in [5.74, 6) is 0.368. The van der Waals surface area contributed by atoms with E-state index in [4.69, 9.17) is 0 Å². The average Bonchev–Trinajstić information content (AvgIpc) is 2.26. The van der Waals surface area contributed by atoms with E-state index in [0.29, 0.717) is 18.9 Å². The fourth-order valence-electron chi connectivity index (χ4n) is 1.85. The highest BCUT2D eigenvalue weighted by molar-refractivity contribution is 7.89.